The highest BCUT2D eigenvalue weighted by molar-refractivity contribution is 5.94. The quantitative estimate of drug-likeness (QED) is 0.845. The number of carbonyl (C=O) groups excluding carboxylic acids is 2. The van der Waals surface area contributed by atoms with Gasteiger partial charge in [-0.2, -0.15) is 0 Å². The summed E-state index contributed by atoms with van der Waals surface area (Å²) in [5, 5.41) is 0. The lowest BCUT2D eigenvalue weighted by Gasteiger charge is -2.36. The topological polar surface area (TPSA) is 66.4 Å². The van der Waals surface area contributed by atoms with Gasteiger partial charge in [-0.1, -0.05) is 12.8 Å². The molecule has 1 atom stereocenters. The van der Waals surface area contributed by atoms with Crippen LogP contribution in [0.1, 0.15) is 72.9 Å². The third kappa shape index (κ3) is 3.67. The third-order valence-corrected chi connectivity index (χ3v) is 5.42. The Kier molecular flexibility index (Phi) is 5.35. The van der Waals surface area contributed by atoms with Crippen molar-refractivity contribution in [2.45, 2.75) is 57.9 Å². The zero-order chi connectivity index (χ0) is 18.0. The van der Waals surface area contributed by atoms with E-state index in [9.17, 15) is 9.59 Å². The van der Waals surface area contributed by atoms with E-state index in [0.717, 1.165) is 51.5 Å². The average Bonchev–Trinajstić information content (AvgIpc) is 3.15. The highest BCUT2D eigenvalue weighted by Gasteiger charge is 2.35. The highest BCUT2D eigenvalue weighted by atomic mass is 16.2. The Balaban J connectivity index is 1.84. The number of hydrogen-bond donors (Lipinski definition) is 0. The second-order valence-electron chi connectivity index (χ2n) is 7.45. The van der Waals surface area contributed by atoms with Gasteiger partial charge in [-0.3, -0.25) is 9.59 Å². The van der Waals surface area contributed by atoms with Gasteiger partial charge in [-0.15, -0.1) is 0 Å². The fraction of sp³-hybridized carbons (Fsp3) is 0.684. The molecule has 6 heteroatoms. The molecule has 1 saturated heterocycles. The second-order valence-corrected chi connectivity index (χ2v) is 7.45. The molecular weight excluding hydrogens is 316 g/mol. The molecule has 6 nitrogen and oxygen atoms in total. The van der Waals surface area contributed by atoms with Crippen LogP contribution in [0.25, 0.3) is 0 Å². The maximum absolute atomic E-state index is 12.9. The molecule has 1 saturated carbocycles. The summed E-state index contributed by atoms with van der Waals surface area (Å²) >= 11 is 0. The molecule has 136 valence electrons. The summed E-state index contributed by atoms with van der Waals surface area (Å²) in [4.78, 5) is 37.7. The van der Waals surface area contributed by atoms with Crippen LogP contribution < -0.4 is 0 Å². The number of aromatic nitrogens is 2. The molecule has 2 fully saturated rings. The number of carbonyl (C=O) groups is 2. The maximum Gasteiger partial charge on any atom is 0.256 e. The van der Waals surface area contributed by atoms with E-state index in [1.165, 1.54) is 4.90 Å². The van der Waals surface area contributed by atoms with E-state index < -0.39 is 0 Å². The van der Waals surface area contributed by atoms with Gasteiger partial charge >= 0.3 is 0 Å². The molecule has 0 aromatic carbocycles. The average molecular weight is 344 g/mol. The number of likely N-dealkylation sites (tertiary alicyclic amines) is 1. The zero-order valence-electron chi connectivity index (χ0n) is 15.5. The van der Waals surface area contributed by atoms with Crippen LogP contribution in [-0.2, 0) is 4.79 Å². The Morgan fingerprint density at radius 2 is 1.80 bits per heavy atom. The van der Waals surface area contributed by atoms with Gasteiger partial charge < -0.3 is 9.80 Å². The fourth-order valence-corrected chi connectivity index (χ4v) is 3.97. The maximum atomic E-state index is 12.9. The summed E-state index contributed by atoms with van der Waals surface area (Å²) in [6.45, 7) is 2.63. The molecule has 1 aliphatic heterocycles. The van der Waals surface area contributed by atoms with Crippen LogP contribution in [0.3, 0.4) is 0 Å². The van der Waals surface area contributed by atoms with E-state index >= 15 is 0 Å². The van der Waals surface area contributed by atoms with Gasteiger partial charge in [0.25, 0.3) is 5.91 Å². The molecule has 0 spiro atoms. The second kappa shape index (κ2) is 7.50. The number of piperidine rings is 1. The van der Waals surface area contributed by atoms with Crippen molar-refractivity contribution in [1.82, 2.24) is 19.8 Å². The monoisotopic (exact) mass is 344 g/mol. The van der Waals surface area contributed by atoms with E-state index in [0.29, 0.717) is 17.1 Å². The van der Waals surface area contributed by atoms with Crippen molar-refractivity contribution in [1.29, 1.82) is 0 Å². The van der Waals surface area contributed by atoms with Crippen LogP contribution in [0.4, 0.5) is 0 Å². The predicted molar refractivity (Wildman–Crippen MR) is 95.0 cm³/mol. The van der Waals surface area contributed by atoms with Gasteiger partial charge in [0, 0.05) is 32.8 Å². The van der Waals surface area contributed by atoms with Crippen molar-refractivity contribution >= 4 is 11.8 Å². The predicted octanol–water partition coefficient (Wildman–Crippen LogP) is 2.73. The minimum atomic E-state index is -0.0911. The Morgan fingerprint density at radius 3 is 2.44 bits per heavy atom. The smallest absolute Gasteiger partial charge is 0.256 e. The van der Waals surface area contributed by atoms with Crippen molar-refractivity contribution in [3.63, 3.8) is 0 Å². The van der Waals surface area contributed by atoms with Crippen molar-refractivity contribution < 1.29 is 9.59 Å². The molecule has 3 rings (SSSR count). The molecule has 1 aromatic rings. The molecule has 1 aliphatic carbocycles. The third-order valence-electron chi connectivity index (χ3n) is 5.42. The van der Waals surface area contributed by atoms with E-state index in [1.54, 1.807) is 20.3 Å². The first-order chi connectivity index (χ1) is 12.0. The highest BCUT2D eigenvalue weighted by Crippen LogP contribution is 2.34. The van der Waals surface area contributed by atoms with Crippen LogP contribution in [0.5, 0.6) is 0 Å². The number of amides is 2. The molecule has 2 aliphatic rings. The summed E-state index contributed by atoms with van der Waals surface area (Å²) in [5.41, 5.74) is 1.21. The lowest BCUT2D eigenvalue weighted by atomic mass is 9.97. The normalized spacial score (nSPS) is 21.4. The molecule has 0 unspecified atom stereocenters. The zero-order valence-corrected chi connectivity index (χ0v) is 15.5. The van der Waals surface area contributed by atoms with Gasteiger partial charge in [0.15, 0.2) is 5.82 Å². The molecule has 0 bridgehead atoms. The first-order valence-corrected chi connectivity index (χ1v) is 9.34. The molecular formula is C19H28N4O2. The van der Waals surface area contributed by atoms with Crippen LogP contribution in [-0.4, -0.2) is 52.2 Å². The number of hydrogen-bond acceptors (Lipinski definition) is 4. The minimum Gasteiger partial charge on any atom is -0.345 e. The largest absolute Gasteiger partial charge is 0.345 e. The molecule has 1 aromatic heterocycles. The fourth-order valence-electron chi connectivity index (χ4n) is 3.97. The number of nitrogens with zero attached hydrogens (tertiary/aromatic N) is 4. The van der Waals surface area contributed by atoms with Gasteiger partial charge in [0.05, 0.1) is 17.3 Å². The summed E-state index contributed by atoms with van der Waals surface area (Å²) in [5.74, 6) is 1.04. The van der Waals surface area contributed by atoms with Crippen LogP contribution in [0.2, 0.25) is 0 Å². The first kappa shape index (κ1) is 17.8. The minimum absolute atomic E-state index is 0.0518. The van der Waals surface area contributed by atoms with E-state index in [2.05, 4.69) is 9.97 Å². The standard InChI is InChI=1S/C19H28N4O2/c1-13-15(19(25)22(2)3)12-20-17(21-13)16-10-6-7-11-23(16)18(24)14-8-4-5-9-14/h12,14,16H,4-11H2,1-3H3/t16-/m1/s1. The van der Waals surface area contributed by atoms with E-state index in [-0.39, 0.29) is 23.8 Å². The van der Waals surface area contributed by atoms with Crippen LogP contribution in [0, 0.1) is 12.8 Å². The lowest BCUT2D eigenvalue weighted by molar-refractivity contribution is -0.139. The molecule has 2 heterocycles. The molecule has 0 radical (unpaired) electrons. The van der Waals surface area contributed by atoms with Gasteiger partial charge in [-0.25, -0.2) is 9.97 Å². The lowest BCUT2D eigenvalue weighted by Crippen LogP contribution is -2.42. The molecule has 25 heavy (non-hydrogen) atoms. The van der Waals surface area contributed by atoms with E-state index in [4.69, 9.17) is 0 Å². The van der Waals surface area contributed by atoms with Crippen molar-refractivity contribution in [3.05, 3.63) is 23.3 Å². The van der Waals surface area contributed by atoms with Crippen molar-refractivity contribution in [2.75, 3.05) is 20.6 Å². The SMILES string of the molecule is Cc1nc([C@H]2CCCCN2C(=O)C2CCCC2)ncc1C(=O)N(C)C. The van der Waals surface area contributed by atoms with Crippen LogP contribution >= 0.6 is 0 Å². The Morgan fingerprint density at radius 1 is 1.12 bits per heavy atom. The van der Waals surface area contributed by atoms with Crippen LogP contribution in [0.15, 0.2) is 6.20 Å². The summed E-state index contributed by atoms with van der Waals surface area (Å²) in [7, 11) is 3.44. The van der Waals surface area contributed by atoms with E-state index in [1.807, 2.05) is 11.8 Å². The first-order valence-electron chi connectivity index (χ1n) is 9.34. The van der Waals surface area contributed by atoms with Crippen molar-refractivity contribution in [3.8, 4) is 0 Å². The van der Waals surface area contributed by atoms with Gasteiger partial charge in [0.1, 0.15) is 0 Å². The molecule has 0 N–H and O–H groups in total. The Labute approximate surface area is 149 Å². The summed E-state index contributed by atoms with van der Waals surface area (Å²) < 4.78 is 0. The number of aryl methyl sites for hydroxylation is 1. The Bertz CT molecular complexity index is 653. The Hall–Kier alpha value is -1.98. The molecule has 2 amide bonds. The summed E-state index contributed by atoms with van der Waals surface area (Å²) in [6.07, 6.45) is 8.99. The number of rotatable bonds is 3. The van der Waals surface area contributed by atoms with Gasteiger partial charge in [0.2, 0.25) is 5.91 Å². The van der Waals surface area contributed by atoms with Crippen molar-refractivity contribution in [2.24, 2.45) is 5.92 Å². The summed E-state index contributed by atoms with van der Waals surface area (Å²) in [6, 6.07) is -0.0518. The van der Waals surface area contributed by atoms with Gasteiger partial charge in [-0.05, 0) is 39.0 Å².